The van der Waals surface area contributed by atoms with Crippen LogP contribution in [0, 0.1) is 5.92 Å². The lowest BCUT2D eigenvalue weighted by atomic mass is 9.93. The smallest absolute Gasteiger partial charge is 0.226 e. The van der Waals surface area contributed by atoms with Gasteiger partial charge in [-0.2, -0.15) is 0 Å². The third-order valence-electron chi connectivity index (χ3n) is 5.71. The van der Waals surface area contributed by atoms with Crippen LogP contribution in [-0.4, -0.2) is 54.5 Å². The minimum Gasteiger partial charge on any atom is -0.363 e. The van der Waals surface area contributed by atoms with Gasteiger partial charge in [0.25, 0.3) is 0 Å². The summed E-state index contributed by atoms with van der Waals surface area (Å²) in [5, 5.41) is 0. The van der Waals surface area contributed by atoms with Gasteiger partial charge in [0.2, 0.25) is 5.91 Å². The highest BCUT2D eigenvalue weighted by atomic mass is 16.2. The van der Waals surface area contributed by atoms with Gasteiger partial charge in [-0.05, 0) is 30.4 Å². The van der Waals surface area contributed by atoms with Gasteiger partial charge >= 0.3 is 0 Å². The Kier molecular flexibility index (Phi) is 4.97. The van der Waals surface area contributed by atoms with Crippen molar-refractivity contribution in [1.82, 2.24) is 14.9 Å². The lowest BCUT2D eigenvalue weighted by Gasteiger charge is -2.36. The summed E-state index contributed by atoms with van der Waals surface area (Å²) >= 11 is 0. The number of amides is 1. The molecular weight excluding hydrogens is 338 g/mol. The molecule has 4 rings (SSSR count). The fraction of sp³-hybridized carbons (Fsp3) is 0.476. The third-order valence-corrected chi connectivity index (χ3v) is 5.71. The predicted octanol–water partition coefficient (Wildman–Crippen LogP) is 2.34. The maximum atomic E-state index is 13.0. The number of carbonyl (C=O) groups excluding carboxylic acids is 1. The largest absolute Gasteiger partial charge is 0.363 e. The lowest BCUT2D eigenvalue weighted by molar-refractivity contribution is -0.137. The average Bonchev–Trinajstić information content (AvgIpc) is 2.73. The molecule has 0 bridgehead atoms. The van der Waals surface area contributed by atoms with Gasteiger partial charge in [-0.25, -0.2) is 9.97 Å². The molecule has 0 spiro atoms. The minimum absolute atomic E-state index is 0.127. The second kappa shape index (κ2) is 7.55. The molecule has 1 aromatic carbocycles. The van der Waals surface area contributed by atoms with E-state index in [0.717, 1.165) is 57.1 Å². The fourth-order valence-corrected chi connectivity index (χ4v) is 4.05. The van der Waals surface area contributed by atoms with E-state index in [2.05, 4.69) is 44.0 Å². The molecule has 6 nitrogen and oxygen atoms in total. The van der Waals surface area contributed by atoms with Crippen LogP contribution in [0.3, 0.4) is 0 Å². The Morgan fingerprint density at radius 2 is 1.81 bits per heavy atom. The molecule has 27 heavy (non-hydrogen) atoms. The lowest BCUT2D eigenvalue weighted by Crippen LogP contribution is -2.44. The van der Waals surface area contributed by atoms with Crippen molar-refractivity contribution in [3.63, 3.8) is 0 Å². The molecule has 2 aliphatic heterocycles. The molecule has 0 saturated carbocycles. The molecule has 1 amide bonds. The first kappa shape index (κ1) is 17.8. The van der Waals surface area contributed by atoms with Gasteiger partial charge in [0.05, 0.1) is 0 Å². The molecule has 0 unspecified atom stereocenters. The Morgan fingerprint density at radius 1 is 1.07 bits per heavy atom. The number of rotatable bonds is 3. The minimum atomic E-state index is 0.127. The van der Waals surface area contributed by atoms with Crippen LogP contribution in [0.4, 0.5) is 11.6 Å². The van der Waals surface area contributed by atoms with Crippen LogP contribution in [0.1, 0.15) is 24.0 Å². The molecule has 2 aliphatic rings. The standard InChI is InChI=1S/C21H27N5O/c1-24(2)19-13-20(23-15-22-19)25-10-8-17(9-11-25)21(27)26-12-7-16-5-3-4-6-18(16)14-26/h3-6,13,15,17H,7-12,14H2,1-2H3. The normalized spacial score (nSPS) is 17.6. The van der Waals surface area contributed by atoms with Crippen LogP contribution in [-0.2, 0) is 17.8 Å². The topological polar surface area (TPSA) is 52.6 Å². The van der Waals surface area contributed by atoms with E-state index in [-0.39, 0.29) is 5.92 Å². The summed E-state index contributed by atoms with van der Waals surface area (Å²) in [4.78, 5) is 28.0. The number of piperidine rings is 1. The molecule has 142 valence electrons. The Labute approximate surface area is 160 Å². The zero-order chi connectivity index (χ0) is 18.8. The summed E-state index contributed by atoms with van der Waals surface area (Å²) in [6, 6.07) is 10.5. The number of hydrogen-bond acceptors (Lipinski definition) is 5. The van der Waals surface area contributed by atoms with Crippen LogP contribution >= 0.6 is 0 Å². The Bertz CT molecular complexity index is 814. The van der Waals surface area contributed by atoms with Crippen molar-refractivity contribution in [2.45, 2.75) is 25.8 Å². The Balaban J connectivity index is 1.37. The van der Waals surface area contributed by atoms with E-state index in [1.807, 2.05) is 25.1 Å². The number of anilines is 2. The van der Waals surface area contributed by atoms with E-state index in [1.165, 1.54) is 11.1 Å². The maximum Gasteiger partial charge on any atom is 0.226 e. The number of carbonyl (C=O) groups is 1. The molecular formula is C21H27N5O. The van der Waals surface area contributed by atoms with Gasteiger partial charge in [-0.15, -0.1) is 0 Å². The van der Waals surface area contributed by atoms with E-state index in [0.29, 0.717) is 5.91 Å². The SMILES string of the molecule is CN(C)c1cc(N2CCC(C(=O)N3CCc4ccccc4C3)CC2)ncn1. The van der Waals surface area contributed by atoms with Gasteiger partial charge in [0.15, 0.2) is 0 Å². The first-order chi connectivity index (χ1) is 13.1. The van der Waals surface area contributed by atoms with E-state index in [4.69, 9.17) is 0 Å². The molecule has 1 saturated heterocycles. The van der Waals surface area contributed by atoms with Crippen molar-refractivity contribution < 1.29 is 4.79 Å². The van der Waals surface area contributed by atoms with Gasteiger partial charge < -0.3 is 14.7 Å². The highest BCUT2D eigenvalue weighted by molar-refractivity contribution is 5.79. The first-order valence-electron chi connectivity index (χ1n) is 9.71. The molecule has 2 aromatic rings. The molecule has 0 radical (unpaired) electrons. The summed E-state index contributed by atoms with van der Waals surface area (Å²) in [6.07, 6.45) is 4.36. The predicted molar refractivity (Wildman–Crippen MR) is 107 cm³/mol. The monoisotopic (exact) mass is 365 g/mol. The number of aromatic nitrogens is 2. The van der Waals surface area contributed by atoms with Crippen molar-refractivity contribution in [2.24, 2.45) is 5.92 Å². The number of nitrogens with zero attached hydrogens (tertiary/aromatic N) is 5. The zero-order valence-electron chi connectivity index (χ0n) is 16.1. The van der Waals surface area contributed by atoms with Gasteiger partial charge in [-0.1, -0.05) is 24.3 Å². The molecule has 0 N–H and O–H groups in total. The molecule has 1 fully saturated rings. The average molecular weight is 365 g/mol. The van der Waals surface area contributed by atoms with Crippen molar-refractivity contribution in [1.29, 1.82) is 0 Å². The summed E-state index contributed by atoms with van der Waals surface area (Å²) in [7, 11) is 3.96. The van der Waals surface area contributed by atoms with Crippen LogP contribution in [0.15, 0.2) is 36.7 Å². The van der Waals surface area contributed by atoms with Crippen molar-refractivity contribution >= 4 is 17.5 Å². The second-order valence-electron chi connectivity index (χ2n) is 7.67. The van der Waals surface area contributed by atoms with E-state index in [9.17, 15) is 4.79 Å². The fourth-order valence-electron chi connectivity index (χ4n) is 4.05. The Morgan fingerprint density at radius 3 is 2.56 bits per heavy atom. The summed E-state index contributed by atoms with van der Waals surface area (Å²) < 4.78 is 0. The summed E-state index contributed by atoms with van der Waals surface area (Å²) in [5.74, 6) is 2.30. The highest BCUT2D eigenvalue weighted by Gasteiger charge is 2.30. The molecule has 0 aliphatic carbocycles. The van der Waals surface area contributed by atoms with Crippen molar-refractivity contribution in [2.75, 3.05) is 43.5 Å². The van der Waals surface area contributed by atoms with Gasteiger partial charge in [-0.3, -0.25) is 4.79 Å². The zero-order valence-corrected chi connectivity index (χ0v) is 16.1. The van der Waals surface area contributed by atoms with Crippen molar-refractivity contribution in [3.8, 4) is 0 Å². The van der Waals surface area contributed by atoms with Gasteiger partial charge in [0, 0.05) is 52.3 Å². The number of hydrogen-bond donors (Lipinski definition) is 0. The van der Waals surface area contributed by atoms with E-state index in [1.54, 1.807) is 6.33 Å². The van der Waals surface area contributed by atoms with Crippen LogP contribution in [0.25, 0.3) is 0 Å². The molecule has 6 heteroatoms. The number of benzene rings is 1. The maximum absolute atomic E-state index is 13.0. The second-order valence-corrected chi connectivity index (χ2v) is 7.67. The van der Waals surface area contributed by atoms with Crippen LogP contribution in [0.2, 0.25) is 0 Å². The molecule has 1 aromatic heterocycles. The third kappa shape index (κ3) is 3.75. The van der Waals surface area contributed by atoms with E-state index < -0.39 is 0 Å². The molecule has 0 atom stereocenters. The van der Waals surface area contributed by atoms with Crippen LogP contribution < -0.4 is 9.80 Å². The van der Waals surface area contributed by atoms with Crippen molar-refractivity contribution in [3.05, 3.63) is 47.8 Å². The highest BCUT2D eigenvalue weighted by Crippen LogP contribution is 2.27. The Hall–Kier alpha value is -2.63. The quantitative estimate of drug-likeness (QED) is 0.836. The van der Waals surface area contributed by atoms with E-state index >= 15 is 0 Å². The summed E-state index contributed by atoms with van der Waals surface area (Å²) in [6.45, 7) is 3.33. The summed E-state index contributed by atoms with van der Waals surface area (Å²) in [5.41, 5.74) is 2.68. The molecule has 3 heterocycles. The van der Waals surface area contributed by atoms with Gasteiger partial charge in [0.1, 0.15) is 18.0 Å². The first-order valence-corrected chi connectivity index (χ1v) is 9.71. The number of fused-ring (bicyclic) bond motifs is 1. The van der Waals surface area contributed by atoms with Crippen LogP contribution in [0.5, 0.6) is 0 Å².